The van der Waals surface area contributed by atoms with Crippen LogP contribution in [0, 0.1) is 0 Å². The molecule has 0 bridgehead atoms. The molecule has 3 aliphatic rings. The molecule has 3 aliphatic heterocycles. The summed E-state index contributed by atoms with van der Waals surface area (Å²) in [6.45, 7) is 6.72. The maximum atomic E-state index is 12.4. The molecule has 2 saturated heterocycles. The molecule has 0 atom stereocenters. The number of hydrogen-bond donors (Lipinski definition) is 2. The third-order valence-electron chi connectivity index (χ3n) is 5.90. The molecule has 2 fully saturated rings. The molecule has 8 heteroatoms. The van der Waals surface area contributed by atoms with Gasteiger partial charge in [0.1, 0.15) is 0 Å². The molecular formula is C19H29N5O2S. The summed E-state index contributed by atoms with van der Waals surface area (Å²) in [5.74, 6) is 0. The molecule has 2 N–H and O–H groups in total. The average molecular weight is 392 g/mol. The van der Waals surface area contributed by atoms with Gasteiger partial charge in [-0.05, 0) is 42.7 Å². The van der Waals surface area contributed by atoms with E-state index in [0.29, 0.717) is 6.54 Å². The van der Waals surface area contributed by atoms with E-state index in [-0.39, 0.29) is 18.1 Å². The van der Waals surface area contributed by atoms with Crippen molar-refractivity contribution >= 4 is 23.4 Å². The second-order valence-electron chi connectivity index (χ2n) is 7.62. The molecule has 4 rings (SSSR count). The maximum Gasteiger partial charge on any atom is 0.317 e. The molecule has 148 valence electrons. The van der Waals surface area contributed by atoms with Crippen LogP contribution in [0.2, 0.25) is 0 Å². The smallest absolute Gasteiger partial charge is 0.317 e. The van der Waals surface area contributed by atoms with Crippen molar-refractivity contribution in [1.29, 1.82) is 0 Å². The van der Waals surface area contributed by atoms with Gasteiger partial charge in [0.2, 0.25) is 0 Å². The first-order valence-electron chi connectivity index (χ1n) is 10.1. The molecule has 0 aromatic carbocycles. The zero-order chi connectivity index (χ0) is 18.6. The van der Waals surface area contributed by atoms with Crippen LogP contribution < -0.4 is 10.6 Å². The number of nitrogens with one attached hydrogen (secondary N) is 2. The van der Waals surface area contributed by atoms with E-state index in [1.54, 1.807) is 0 Å². The van der Waals surface area contributed by atoms with Gasteiger partial charge in [-0.1, -0.05) is 0 Å². The number of thiophene rings is 1. The first-order valence-corrected chi connectivity index (χ1v) is 10.9. The van der Waals surface area contributed by atoms with Gasteiger partial charge in [0.15, 0.2) is 0 Å². The first kappa shape index (κ1) is 18.6. The zero-order valence-electron chi connectivity index (χ0n) is 15.8. The van der Waals surface area contributed by atoms with Gasteiger partial charge < -0.3 is 20.4 Å². The predicted octanol–water partition coefficient (Wildman–Crippen LogP) is 1.70. The lowest BCUT2D eigenvalue weighted by Gasteiger charge is -2.40. The third kappa shape index (κ3) is 4.38. The lowest BCUT2D eigenvalue weighted by atomic mass is 10.0. The summed E-state index contributed by atoms with van der Waals surface area (Å²) in [7, 11) is 0. The molecule has 4 heterocycles. The van der Waals surface area contributed by atoms with E-state index in [2.05, 4.69) is 27.0 Å². The Kier molecular flexibility index (Phi) is 5.83. The fraction of sp³-hybridized carbons (Fsp3) is 0.684. The molecular weight excluding hydrogens is 362 g/mol. The molecule has 0 saturated carbocycles. The minimum atomic E-state index is 0.0322. The number of rotatable bonds is 4. The summed E-state index contributed by atoms with van der Waals surface area (Å²) in [5.41, 5.74) is 1.45. The fourth-order valence-corrected chi connectivity index (χ4v) is 5.20. The molecule has 7 nitrogen and oxygen atoms in total. The van der Waals surface area contributed by atoms with Crippen molar-refractivity contribution in [1.82, 2.24) is 25.3 Å². The minimum absolute atomic E-state index is 0.0322. The Morgan fingerprint density at radius 3 is 2.93 bits per heavy atom. The Hall–Kier alpha value is -1.80. The molecule has 0 unspecified atom stereocenters. The SMILES string of the molecule is O=C(NCCN1CCc2sccc2C1)N1CCC(N2CCCNC2=O)CC1. The average Bonchev–Trinajstić information content (AvgIpc) is 3.16. The zero-order valence-corrected chi connectivity index (χ0v) is 16.6. The highest BCUT2D eigenvalue weighted by Gasteiger charge is 2.30. The number of likely N-dealkylation sites (tertiary alicyclic amines) is 1. The monoisotopic (exact) mass is 391 g/mol. The summed E-state index contributed by atoms with van der Waals surface area (Å²) in [5, 5.41) is 8.17. The molecule has 0 radical (unpaired) electrons. The normalized spacial score (nSPS) is 21.7. The Morgan fingerprint density at radius 1 is 1.26 bits per heavy atom. The summed E-state index contributed by atoms with van der Waals surface area (Å²) >= 11 is 1.85. The van der Waals surface area contributed by atoms with Crippen LogP contribution in [0.3, 0.4) is 0 Å². The van der Waals surface area contributed by atoms with Gasteiger partial charge in [-0.2, -0.15) is 0 Å². The van der Waals surface area contributed by atoms with Crippen LogP contribution in [-0.2, 0) is 13.0 Å². The largest absolute Gasteiger partial charge is 0.338 e. The first-order chi connectivity index (χ1) is 13.2. The third-order valence-corrected chi connectivity index (χ3v) is 6.92. The lowest BCUT2D eigenvalue weighted by Crippen LogP contribution is -2.55. The van der Waals surface area contributed by atoms with Crippen molar-refractivity contribution in [2.24, 2.45) is 0 Å². The van der Waals surface area contributed by atoms with Crippen molar-refractivity contribution < 1.29 is 9.59 Å². The molecule has 27 heavy (non-hydrogen) atoms. The van der Waals surface area contributed by atoms with E-state index < -0.39 is 0 Å². The number of hydrogen-bond acceptors (Lipinski definition) is 4. The highest BCUT2D eigenvalue weighted by Crippen LogP contribution is 2.23. The van der Waals surface area contributed by atoms with Gasteiger partial charge in [0.05, 0.1) is 0 Å². The van der Waals surface area contributed by atoms with Gasteiger partial charge in [0, 0.05) is 63.3 Å². The van der Waals surface area contributed by atoms with Crippen LogP contribution in [0.1, 0.15) is 29.7 Å². The number of nitrogens with zero attached hydrogens (tertiary/aromatic N) is 3. The maximum absolute atomic E-state index is 12.4. The number of amides is 4. The number of carbonyl (C=O) groups is 2. The van der Waals surface area contributed by atoms with Gasteiger partial charge in [-0.15, -0.1) is 11.3 Å². The number of fused-ring (bicyclic) bond motifs is 1. The summed E-state index contributed by atoms with van der Waals surface area (Å²) in [4.78, 5) is 32.2. The predicted molar refractivity (Wildman–Crippen MR) is 106 cm³/mol. The van der Waals surface area contributed by atoms with Crippen LogP contribution in [0.5, 0.6) is 0 Å². The summed E-state index contributed by atoms with van der Waals surface area (Å²) in [6, 6.07) is 2.57. The van der Waals surface area contributed by atoms with Crippen LogP contribution in [0.4, 0.5) is 9.59 Å². The molecule has 1 aromatic rings. The van der Waals surface area contributed by atoms with E-state index in [1.807, 2.05) is 21.1 Å². The molecule has 4 amide bonds. The minimum Gasteiger partial charge on any atom is -0.338 e. The number of piperidine rings is 1. The van der Waals surface area contributed by atoms with Gasteiger partial charge in [0.25, 0.3) is 0 Å². The molecule has 0 spiro atoms. The van der Waals surface area contributed by atoms with E-state index >= 15 is 0 Å². The van der Waals surface area contributed by atoms with Crippen LogP contribution in [0.25, 0.3) is 0 Å². The topological polar surface area (TPSA) is 67.9 Å². The Labute approximate surface area is 164 Å². The second kappa shape index (κ2) is 8.48. The Balaban J connectivity index is 1.16. The second-order valence-corrected chi connectivity index (χ2v) is 8.62. The van der Waals surface area contributed by atoms with E-state index in [0.717, 1.165) is 71.5 Å². The van der Waals surface area contributed by atoms with Crippen molar-refractivity contribution in [3.05, 3.63) is 21.9 Å². The fourth-order valence-electron chi connectivity index (χ4n) is 4.31. The number of urea groups is 2. The quantitative estimate of drug-likeness (QED) is 0.821. The van der Waals surface area contributed by atoms with Crippen LogP contribution >= 0.6 is 11.3 Å². The van der Waals surface area contributed by atoms with Crippen molar-refractivity contribution in [2.75, 3.05) is 45.8 Å². The summed E-state index contributed by atoms with van der Waals surface area (Å²) < 4.78 is 0. The Bertz CT molecular complexity index is 671. The van der Waals surface area contributed by atoms with E-state index in [1.165, 1.54) is 10.4 Å². The van der Waals surface area contributed by atoms with Crippen molar-refractivity contribution in [3.63, 3.8) is 0 Å². The van der Waals surface area contributed by atoms with Crippen molar-refractivity contribution in [3.8, 4) is 0 Å². The van der Waals surface area contributed by atoms with Crippen LogP contribution in [-0.4, -0.2) is 78.6 Å². The molecule has 1 aromatic heterocycles. The van der Waals surface area contributed by atoms with E-state index in [9.17, 15) is 9.59 Å². The molecule has 0 aliphatic carbocycles. The van der Waals surface area contributed by atoms with Gasteiger partial charge in [-0.25, -0.2) is 9.59 Å². The highest BCUT2D eigenvalue weighted by molar-refractivity contribution is 7.10. The van der Waals surface area contributed by atoms with Crippen LogP contribution in [0.15, 0.2) is 11.4 Å². The number of carbonyl (C=O) groups excluding carboxylic acids is 2. The Morgan fingerprint density at radius 2 is 2.11 bits per heavy atom. The lowest BCUT2D eigenvalue weighted by molar-refractivity contribution is 0.118. The van der Waals surface area contributed by atoms with Gasteiger partial charge >= 0.3 is 12.1 Å². The van der Waals surface area contributed by atoms with Crippen molar-refractivity contribution in [2.45, 2.75) is 38.3 Å². The summed E-state index contributed by atoms with van der Waals surface area (Å²) in [6.07, 6.45) is 3.87. The highest BCUT2D eigenvalue weighted by atomic mass is 32.1. The van der Waals surface area contributed by atoms with Gasteiger partial charge in [-0.3, -0.25) is 4.90 Å². The standard InChI is InChI=1S/C19H29N5O2S/c25-18(21-7-12-22-9-4-17-15(14-22)5-13-27-17)23-10-2-16(3-11-23)24-8-1-6-20-19(24)26/h5,13,16H,1-4,6-12,14H2,(H,20,26)(H,21,25). The van der Waals surface area contributed by atoms with E-state index in [4.69, 9.17) is 0 Å².